The molecule has 1 fully saturated rings. The second-order valence-electron chi connectivity index (χ2n) is 3.33. The van der Waals surface area contributed by atoms with Gasteiger partial charge in [-0.3, -0.25) is 19.6 Å². The number of rotatable bonds is 2. The zero-order valence-electron chi connectivity index (χ0n) is 7.69. The van der Waals surface area contributed by atoms with Gasteiger partial charge >= 0.3 is 0 Å². The number of nitrogens with one attached hydrogen (secondary N) is 1. The Morgan fingerprint density at radius 2 is 2.07 bits per heavy atom. The van der Waals surface area contributed by atoms with Crippen LogP contribution in [0.25, 0.3) is 0 Å². The highest BCUT2D eigenvalue weighted by atomic mass is 16.2. The van der Waals surface area contributed by atoms with Crippen LogP contribution in [0.5, 0.6) is 0 Å². The standard InChI is InChI=1S/C9H11N3O2/c13-8-2-1-3-9(14)12(8)6-7-4-10-11-5-7/h4-5H,1-3,6H2,(H,10,11). The first-order chi connectivity index (χ1) is 6.77. The summed E-state index contributed by atoms with van der Waals surface area (Å²) in [5.41, 5.74) is 0.855. The van der Waals surface area contributed by atoms with Crippen LogP contribution in [0, 0.1) is 0 Å². The molecule has 1 saturated heterocycles. The summed E-state index contributed by atoms with van der Waals surface area (Å²) >= 11 is 0. The molecule has 0 aliphatic carbocycles. The van der Waals surface area contributed by atoms with Crippen molar-refractivity contribution in [2.75, 3.05) is 0 Å². The number of hydrogen-bond donors (Lipinski definition) is 1. The lowest BCUT2D eigenvalue weighted by Crippen LogP contribution is -2.39. The summed E-state index contributed by atoms with van der Waals surface area (Å²) in [6.45, 7) is 0.341. The van der Waals surface area contributed by atoms with Crippen molar-refractivity contribution >= 4 is 11.8 Å². The predicted molar refractivity (Wildman–Crippen MR) is 48.0 cm³/mol. The molecule has 0 unspecified atom stereocenters. The average Bonchev–Trinajstić information content (AvgIpc) is 2.64. The molecule has 1 aliphatic rings. The topological polar surface area (TPSA) is 66.1 Å². The van der Waals surface area contributed by atoms with E-state index in [1.807, 2.05) is 0 Å². The molecule has 5 nitrogen and oxygen atoms in total. The Hall–Kier alpha value is -1.65. The number of H-pyrrole nitrogens is 1. The molecule has 0 spiro atoms. The third kappa shape index (κ3) is 1.66. The van der Waals surface area contributed by atoms with Crippen molar-refractivity contribution in [2.24, 2.45) is 0 Å². The molecule has 1 aromatic heterocycles. The molecule has 2 rings (SSSR count). The van der Waals surface area contributed by atoms with E-state index in [2.05, 4.69) is 10.2 Å². The van der Waals surface area contributed by atoms with Crippen molar-refractivity contribution in [1.29, 1.82) is 0 Å². The van der Waals surface area contributed by atoms with E-state index in [1.165, 1.54) is 4.90 Å². The molecule has 5 heteroatoms. The number of carbonyl (C=O) groups is 2. The van der Waals surface area contributed by atoms with Crippen molar-refractivity contribution in [1.82, 2.24) is 15.1 Å². The third-order valence-corrected chi connectivity index (χ3v) is 2.28. The average molecular weight is 193 g/mol. The minimum atomic E-state index is -0.0811. The zero-order chi connectivity index (χ0) is 9.97. The van der Waals surface area contributed by atoms with Crippen LogP contribution in [-0.4, -0.2) is 26.9 Å². The Kier molecular flexibility index (Phi) is 2.30. The number of nitrogens with zero attached hydrogens (tertiary/aromatic N) is 2. The van der Waals surface area contributed by atoms with Gasteiger partial charge in [0.2, 0.25) is 11.8 Å². The van der Waals surface area contributed by atoms with E-state index in [4.69, 9.17) is 0 Å². The highest BCUT2D eigenvalue weighted by molar-refractivity contribution is 5.97. The number of likely N-dealkylation sites (tertiary alicyclic amines) is 1. The molecule has 0 aromatic carbocycles. The third-order valence-electron chi connectivity index (χ3n) is 2.28. The normalized spacial score (nSPS) is 17.6. The maximum atomic E-state index is 11.4. The van der Waals surface area contributed by atoms with Crippen LogP contribution in [-0.2, 0) is 16.1 Å². The van der Waals surface area contributed by atoms with Crippen LogP contribution in [0.3, 0.4) is 0 Å². The molecule has 2 heterocycles. The first-order valence-corrected chi connectivity index (χ1v) is 4.58. The van der Waals surface area contributed by atoms with Gasteiger partial charge in [-0.15, -0.1) is 0 Å². The van der Waals surface area contributed by atoms with Gasteiger partial charge in [-0.05, 0) is 6.42 Å². The van der Waals surface area contributed by atoms with Gasteiger partial charge in [0.1, 0.15) is 0 Å². The molecular weight excluding hydrogens is 182 g/mol. The van der Waals surface area contributed by atoms with Crippen LogP contribution in [0.2, 0.25) is 0 Å². The molecule has 0 saturated carbocycles. The van der Waals surface area contributed by atoms with Crippen molar-refractivity contribution < 1.29 is 9.59 Å². The number of imide groups is 1. The predicted octanol–water partition coefficient (Wildman–Crippen LogP) is 0.449. The highest BCUT2D eigenvalue weighted by Gasteiger charge is 2.25. The van der Waals surface area contributed by atoms with Crippen molar-refractivity contribution in [3.8, 4) is 0 Å². The number of amides is 2. The minimum absolute atomic E-state index is 0.0811. The Bertz CT molecular complexity index is 329. The lowest BCUT2D eigenvalue weighted by Gasteiger charge is -2.24. The molecule has 1 aliphatic heterocycles. The van der Waals surface area contributed by atoms with Crippen LogP contribution >= 0.6 is 0 Å². The molecule has 0 radical (unpaired) electrons. The first-order valence-electron chi connectivity index (χ1n) is 4.58. The molecule has 1 N–H and O–H groups in total. The molecule has 1 aromatic rings. The Morgan fingerprint density at radius 3 is 2.64 bits per heavy atom. The summed E-state index contributed by atoms with van der Waals surface area (Å²) in [7, 11) is 0. The zero-order valence-corrected chi connectivity index (χ0v) is 7.69. The van der Waals surface area contributed by atoms with Gasteiger partial charge in [0.15, 0.2) is 0 Å². The molecule has 2 amide bonds. The Balaban J connectivity index is 2.08. The summed E-state index contributed by atoms with van der Waals surface area (Å²) in [5.74, 6) is -0.162. The largest absolute Gasteiger partial charge is 0.285 e. The van der Waals surface area contributed by atoms with E-state index in [-0.39, 0.29) is 11.8 Å². The number of carbonyl (C=O) groups excluding carboxylic acids is 2. The second-order valence-corrected chi connectivity index (χ2v) is 3.33. The number of hydrogen-bond acceptors (Lipinski definition) is 3. The van der Waals surface area contributed by atoms with Gasteiger partial charge in [0, 0.05) is 24.6 Å². The van der Waals surface area contributed by atoms with Crippen LogP contribution in [0.4, 0.5) is 0 Å². The van der Waals surface area contributed by atoms with E-state index in [0.717, 1.165) is 5.56 Å². The number of aromatic nitrogens is 2. The quantitative estimate of drug-likeness (QED) is 0.693. The Labute approximate surface area is 81.1 Å². The minimum Gasteiger partial charge on any atom is -0.285 e. The number of piperidine rings is 1. The van der Waals surface area contributed by atoms with E-state index >= 15 is 0 Å². The maximum absolute atomic E-state index is 11.4. The second kappa shape index (κ2) is 3.61. The van der Waals surface area contributed by atoms with Gasteiger partial charge in [-0.25, -0.2) is 0 Å². The molecule has 0 bridgehead atoms. The molecule has 0 atom stereocenters. The SMILES string of the molecule is O=C1CCCC(=O)N1Cc1cn[nH]c1. The van der Waals surface area contributed by atoms with Crippen LogP contribution in [0.15, 0.2) is 12.4 Å². The van der Waals surface area contributed by atoms with Crippen molar-refractivity contribution in [3.05, 3.63) is 18.0 Å². The van der Waals surface area contributed by atoms with Crippen molar-refractivity contribution in [3.63, 3.8) is 0 Å². The highest BCUT2D eigenvalue weighted by Crippen LogP contribution is 2.14. The molecular formula is C9H11N3O2. The summed E-state index contributed by atoms with van der Waals surface area (Å²) < 4.78 is 0. The number of aromatic amines is 1. The van der Waals surface area contributed by atoms with Crippen LogP contribution < -0.4 is 0 Å². The van der Waals surface area contributed by atoms with Crippen LogP contribution in [0.1, 0.15) is 24.8 Å². The fourth-order valence-electron chi connectivity index (χ4n) is 1.52. The summed E-state index contributed by atoms with van der Waals surface area (Å²) in [4.78, 5) is 24.1. The van der Waals surface area contributed by atoms with Gasteiger partial charge in [0.25, 0.3) is 0 Å². The van der Waals surface area contributed by atoms with Gasteiger partial charge in [-0.1, -0.05) is 0 Å². The van der Waals surface area contributed by atoms with Gasteiger partial charge in [-0.2, -0.15) is 5.10 Å². The molecule has 14 heavy (non-hydrogen) atoms. The van der Waals surface area contributed by atoms with Gasteiger partial charge in [0.05, 0.1) is 12.7 Å². The lowest BCUT2D eigenvalue weighted by atomic mass is 10.1. The van der Waals surface area contributed by atoms with E-state index in [9.17, 15) is 9.59 Å². The summed E-state index contributed by atoms with van der Waals surface area (Å²) in [6, 6.07) is 0. The maximum Gasteiger partial charge on any atom is 0.229 e. The monoisotopic (exact) mass is 193 g/mol. The smallest absolute Gasteiger partial charge is 0.229 e. The summed E-state index contributed by atoms with van der Waals surface area (Å²) in [5, 5.41) is 6.41. The fraction of sp³-hybridized carbons (Fsp3) is 0.444. The first kappa shape index (κ1) is 8.93. The Morgan fingerprint density at radius 1 is 1.36 bits per heavy atom. The van der Waals surface area contributed by atoms with E-state index in [0.29, 0.717) is 25.8 Å². The lowest BCUT2D eigenvalue weighted by molar-refractivity contribution is -0.148. The molecule has 74 valence electrons. The van der Waals surface area contributed by atoms with Gasteiger partial charge < -0.3 is 0 Å². The van der Waals surface area contributed by atoms with Crippen molar-refractivity contribution in [2.45, 2.75) is 25.8 Å². The van der Waals surface area contributed by atoms with E-state index < -0.39 is 0 Å². The fourth-order valence-corrected chi connectivity index (χ4v) is 1.52. The van der Waals surface area contributed by atoms with E-state index in [1.54, 1.807) is 12.4 Å². The summed E-state index contributed by atoms with van der Waals surface area (Å²) in [6.07, 6.45) is 4.94.